The van der Waals surface area contributed by atoms with Gasteiger partial charge in [-0.1, -0.05) is 12.1 Å². The monoisotopic (exact) mass is 354 g/mol. The van der Waals surface area contributed by atoms with Crippen molar-refractivity contribution < 1.29 is 19.5 Å². The van der Waals surface area contributed by atoms with Crippen LogP contribution in [0, 0.1) is 0 Å². The van der Waals surface area contributed by atoms with Crippen LogP contribution in [0.25, 0.3) is 0 Å². The summed E-state index contributed by atoms with van der Waals surface area (Å²) in [6.45, 7) is 0.330. The van der Waals surface area contributed by atoms with Gasteiger partial charge in [-0.25, -0.2) is 4.98 Å². The molecule has 1 aromatic heterocycles. The number of rotatable bonds is 7. The average molecular weight is 354 g/mol. The quantitative estimate of drug-likeness (QED) is 0.507. The molecule has 0 bridgehead atoms. The summed E-state index contributed by atoms with van der Waals surface area (Å²) in [5.41, 5.74) is 1.08. The van der Waals surface area contributed by atoms with Gasteiger partial charge in [-0.3, -0.25) is 19.3 Å². The Labute approximate surface area is 149 Å². The van der Waals surface area contributed by atoms with E-state index < -0.39 is 17.7 Å². The summed E-state index contributed by atoms with van der Waals surface area (Å²) in [7, 11) is 0. The molecule has 3 N–H and O–H groups in total. The summed E-state index contributed by atoms with van der Waals surface area (Å²) in [5.74, 6) is -0.802. The maximum atomic E-state index is 12.3. The maximum absolute atomic E-state index is 12.3. The van der Waals surface area contributed by atoms with E-state index >= 15 is 0 Å². The predicted octanol–water partition coefficient (Wildman–Crippen LogP) is 1.11. The summed E-state index contributed by atoms with van der Waals surface area (Å²) < 4.78 is 0. The molecule has 134 valence electrons. The molecule has 8 heteroatoms. The van der Waals surface area contributed by atoms with Gasteiger partial charge in [0, 0.05) is 13.2 Å². The smallest absolute Gasteiger partial charge is 0.262 e. The second-order valence-electron chi connectivity index (χ2n) is 5.73. The number of nitrogens with one attached hydrogen (secondary N) is 2. The molecule has 3 amide bonds. The van der Waals surface area contributed by atoms with Crippen LogP contribution < -0.4 is 10.6 Å². The fourth-order valence-corrected chi connectivity index (χ4v) is 2.59. The predicted molar refractivity (Wildman–Crippen MR) is 94.9 cm³/mol. The third kappa shape index (κ3) is 3.70. The third-order valence-electron chi connectivity index (χ3n) is 3.87. The molecule has 0 radical (unpaired) electrons. The number of aliphatic hydroxyl groups is 1. The van der Waals surface area contributed by atoms with Crippen LogP contribution in [-0.4, -0.2) is 52.4 Å². The molecule has 8 nitrogen and oxygen atoms in total. The van der Waals surface area contributed by atoms with E-state index in [0.717, 1.165) is 4.90 Å². The third-order valence-corrected chi connectivity index (χ3v) is 3.87. The molecule has 1 aromatic carbocycles. The molecule has 0 spiro atoms. The first-order valence-corrected chi connectivity index (χ1v) is 8.16. The molecule has 0 saturated heterocycles. The van der Waals surface area contributed by atoms with E-state index in [4.69, 9.17) is 5.11 Å². The van der Waals surface area contributed by atoms with Crippen molar-refractivity contribution >= 4 is 29.2 Å². The number of benzene rings is 1. The topological polar surface area (TPSA) is 112 Å². The lowest BCUT2D eigenvalue weighted by atomic mass is 10.1. The number of carbonyl (C=O) groups excluding carboxylic acids is 3. The first kappa shape index (κ1) is 17.6. The number of aromatic nitrogens is 1. The van der Waals surface area contributed by atoms with Gasteiger partial charge in [-0.05, 0) is 30.7 Å². The lowest BCUT2D eigenvalue weighted by Crippen LogP contribution is -2.37. The first-order chi connectivity index (χ1) is 12.6. The highest BCUT2D eigenvalue weighted by molar-refractivity contribution is 6.22. The summed E-state index contributed by atoms with van der Waals surface area (Å²) in [4.78, 5) is 41.8. The van der Waals surface area contributed by atoms with Crippen LogP contribution in [0.4, 0.5) is 11.5 Å². The highest BCUT2D eigenvalue weighted by atomic mass is 16.3. The molecule has 0 unspecified atom stereocenters. The molecule has 1 aliphatic rings. The number of pyridine rings is 1. The Morgan fingerprint density at radius 1 is 1.08 bits per heavy atom. The number of carbonyl (C=O) groups is 3. The summed E-state index contributed by atoms with van der Waals surface area (Å²) in [5, 5.41) is 14.4. The zero-order valence-corrected chi connectivity index (χ0v) is 13.9. The highest BCUT2D eigenvalue weighted by Gasteiger charge is 2.36. The van der Waals surface area contributed by atoms with Gasteiger partial charge < -0.3 is 15.7 Å². The molecule has 0 saturated carbocycles. The van der Waals surface area contributed by atoms with Gasteiger partial charge in [0.05, 0.1) is 23.0 Å². The van der Waals surface area contributed by atoms with E-state index in [9.17, 15) is 14.4 Å². The van der Waals surface area contributed by atoms with Crippen LogP contribution in [0.15, 0.2) is 42.6 Å². The van der Waals surface area contributed by atoms with Crippen molar-refractivity contribution in [2.45, 2.75) is 6.42 Å². The summed E-state index contributed by atoms with van der Waals surface area (Å²) in [6.07, 6.45) is 2.09. The van der Waals surface area contributed by atoms with Crippen LogP contribution in [-0.2, 0) is 4.79 Å². The normalized spacial score (nSPS) is 12.9. The van der Waals surface area contributed by atoms with Gasteiger partial charge >= 0.3 is 0 Å². The molecule has 26 heavy (non-hydrogen) atoms. The second kappa shape index (κ2) is 7.75. The molecule has 0 fully saturated rings. The summed E-state index contributed by atoms with van der Waals surface area (Å²) in [6, 6.07) is 9.84. The minimum atomic E-state index is -0.484. The first-order valence-electron chi connectivity index (χ1n) is 8.16. The van der Waals surface area contributed by atoms with E-state index in [1.54, 1.807) is 36.4 Å². The van der Waals surface area contributed by atoms with Gasteiger partial charge in [-0.15, -0.1) is 0 Å². The summed E-state index contributed by atoms with van der Waals surface area (Å²) >= 11 is 0. The van der Waals surface area contributed by atoms with Gasteiger partial charge in [0.1, 0.15) is 12.4 Å². The Morgan fingerprint density at radius 3 is 2.35 bits per heavy atom. The fraction of sp³-hybridized carbons (Fsp3) is 0.222. The van der Waals surface area contributed by atoms with Crippen LogP contribution >= 0.6 is 0 Å². The number of amides is 3. The fourth-order valence-electron chi connectivity index (χ4n) is 2.59. The van der Waals surface area contributed by atoms with Crippen molar-refractivity contribution in [1.82, 2.24) is 9.88 Å². The van der Waals surface area contributed by atoms with Crippen molar-refractivity contribution in [2.75, 3.05) is 30.3 Å². The van der Waals surface area contributed by atoms with Crippen LogP contribution in [0.3, 0.4) is 0 Å². The average Bonchev–Trinajstić information content (AvgIpc) is 2.89. The van der Waals surface area contributed by atoms with Crippen LogP contribution in [0.2, 0.25) is 0 Å². The molecular weight excluding hydrogens is 336 g/mol. The number of imide groups is 1. The van der Waals surface area contributed by atoms with Crippen molar-refractivity contribution in [1.29, 1.82) is 0 Å². The highest BCUT2D eigenvalue weighted by Crippen LogP contribution is 2.22. The number of hydrogen-bond donors (Lipinski definition) is 3. The molecule has 0 atom stereocenters. The van der Waals surface area contributed by atoms with E-state index in [1.807, 2.05) is 0 Å². The maximum Gasteiger partial charge on any atom is 0.262 e. The van der Waals surface area contributed by atoms with Gasteiger partial charge in [0.2, 0.25) is 5.91 Å². The molecule has 2 aromatic rings. The van der Waals surface area contributed by atoms with Gasteiger partial charge in [-0.2, -0.15) is 0 Å². The molecule has 0 aliphatic carbocycles. The Balaban J connectivity index is 1.58. The van der Waals surface area contributed by atoms with Gasteiger partial charge in [0.25, 0.3) is 11.8 Å². The number of aliphatic hydroxyl groups excluding tert-OH is 1. The zero-order valence-electron chi connectivity index (χ0n) is 13.9. The molecular formula is C18H18N4O4. The second-order valence-corrected chi connectivity index (χ2v) is 5.73. The largest absolute Gasteiger partial charge is 0.396 e. The SMILES string of the molecule is O=C(CN1C(=O)c2ccccc2C1=O)Nc1ccc(NCCCO)nc1. The minimum Gasteiger partial charge on any atom is -0.396 e. The minimum absolute atomic E-state index is 0.0962. The Bertz CT molecular complexity index is 800. The standard InChI is InChI=1S/C18H18N4O4/c23-9-3-8-19-15-7-6-12(10-20-15)21-16(24)11-22-17(25)13-4-1-2-5-14(13)18(22)26/h1-2,4-7,10,23H,3,8-9,11H2,(H,19,20)(H,21,24). The van der Waals surface area contributed by atoms with Crippen molar-refractivity contribution in [3.63, 3.8) is 0 Å². The molecule has 2 heterocycles. The Kier molecular flexibility index (Phi) is 5.23. The zero-order chi connectivity index (χ0) is 18.5. The van der Waals surface area contributed by atoms with E-state index in [2.05, 4.69) is 15.6 Å². The van der Waals surface area contributed by atoms with Crippen molar-refractivity contribution in [2.24, 2.45) is 0 Å². The number of hydrogen-bond acceptors (Lipinski definition) is 6. The Hall–Kier alpha value is -3.26. The van der Waals surface area contributed by atoms with E-state index in [-0.39, 0.29) is 13.2 Å². The molecule has 3 rings (SSSR count). The molecule has 1 aliphatic heterocycles. The van der Waals surface area contributed by atoms with E-state index in [1.165, 1.54) is 6.20 Å². The number of fused-ring (bicyclic) bond motifs is 1. The van der Waals surface area contributed by atoms with Crippen molar-refractivity contribution in [3.8, 4) is 0 Å². The van der Waals surface area contributed by atoms with Crippen LogP contribution in [0.1, 0.15) is 27.1 Å². The lowest BCUT2D eigenvalue weighted by molar-refractivity contribution is -0.116. The number of anilines is 2. The number of nitrogens with zero attached hydrogens (tertiary/aromatic N) is 2. The van der Waals surface area contributed by atoms with Gasteiger partial charge in [0.15, 0.2) is 0 Å². The van der Waals surface area contributed by atoms with Crippen LogP contribution in [0.5, 0.6) is 0 Å². The van der Waals surface area contributed by atoms with Crippen molar-refractivity contribution in [3.05, 3.63) is 53.7 Å². The van der Waals surface area contributed by atoms with E-state index in [0.29, 0.717) is 35.6 Å². The lowest BCUT2D eigenvalue weighted by Gasteiger charge is -2.13. The Morgan fingerprint density at radius 2 is 1.77 bits per heavy atom.